The second-order valence-corrected chi connectivity index (χ2v) is 22.4. The van der Waals surface area contributed by atoms with Crippen LogP contribution in [0.1, 0.15) is 124 Å². The number of hydrogen-bond acceptors (Lipinski definition) is 16. The van der Waals surface area contributed by atoms with E-state index in [2.05, 4.69) is 15.3 Å². The molecule has 3 N–H and O–H groups in total. The molecule has 0 radical (unpaired) electrons. The van der Waals surface area contributed by atoms with Crippen LogP contribution >= 0.6 is 0 Å². The molecule has 6 rings (SSSR count). The number of aliphatic hydroxyl groups is 3. The van der Waals surface area contributed by atoms with Gasteiger partial charge in [-0.05, 0) is 110 Å². The molecule has 3 aliphatic heterocycles. The van der Waals surface area contributed by atoms with E-state index in [1.807, 2.05) is 96.1 Å². The van der Waals surface area contributed by atoms with Crippen LogP contribution in [0.5, 0.6) is 0 Å². The van der Waals surface area contributed by atoms with Gasteiger partial charge in [0.15, 0.2) is 12.1 Å². The van der Waals surface area contributed by atoms with Crippen LogP contribution in [0.2, 0.25) is 0 Å². The van der Waals surface area contributed by atoms with Crippen LogP contribution < -0.4 is 0 Å². The highest BCUT2D eigenvalue weighted by atomic mass is 19.1. The zero-order valence-electron chi connectivity index (χ0n) is 46.9. The first-order valence-corrected chi connectivity index (χ1v) is 26.7. The second-order valence-electron chi connectivity index (χ2n) is 22.4. The van der Waals surface area contributed by atoms with Gasteiger partial charge < -0.3 is 53.4 Å². The number of hydrogen-bond donors (Lipinski definition) is 3. The molecule has 418 valence electrons. The third kappa shape index (κ3) is 13.4. The topological polar surface area (TPSA) is 206 Å². The van der Waals surface area contributed by atoms with E-state index >= 15 is 0 Å². The van der Waals surface area contributed by atoms with E-state index in [4.69, 9.17) is 33.2 Å². The van der Waals surface area contributed by atoms with Gasteiger partial charge in [0.1, 0.15) is 42.7 Å². The number of aromatic nitrogens is 4. The van der Waals surface area contributed by atoms with Crippen molar-refractivity contribution in [3.63, 3.8) is 0 Å². The average Bonchev–Trinajstić information content (AvgIpc) is 3.86. The number of ether oxygens (including phenoxy) is 7. The van der Waals surface area contributed by atoms with Crippen molar-refractivity contribution in [1.82, 2.24) is 24.9 Å². The first-order chi connectivity index (χ1) is 35.3. The number of benzene rings is 1. The minimum atomic E-state index is -1.67. The average molecular weight is 1050 g/mol. The summed E-state index contributed by atoms with van der Waals surface area (Å²) >= 11 is 0. The fourth-order valence-corrected chi connectivity index (χ4v) is 12.1. The van der Waals surface area contributed by atoms with E-state index in [0.717, 1.165) is 22.4 Å². The molecule has 0 aliphatic carbocycles. The molecule has 0 saturated carbocycles. The molecule has 75 heavy (non-hydrogen) atoms. The molecule has 2 saturated heterocycles. The molecule has 2 aromatic heterocycles. The molecule has 3 aliphatic rings. The van der Waals surface area contributed by atoms with Gasteiger partial charge in [0.05, 0.1) is 47.2 Å². The van der Waals surface area contributed by atoms with Crippen LogP contribution in [0.3, 0.4) is 0 Å². The summed E-state index contributed by atoms with van der Waals surface area (Å²) in [5, 5.41) is 44.3. The molecule has 0 amide bonds. The van der Waals surface area contributed by atoms with Crippen molar-refractivity contribution in [3.8, 4) is 11.1 Å². The molecule has 17 nitrogen and oxygen atoms in total. The molecule has 5 heterocycles. The molecule has 18 heteroatoms. The van der Waals surface area contributed by atoms with Gasteiger partial charge in [-0.1, -0.05) is 63.2 Å². The molecule has 1 aromatic carbocycles. The molecule has 0 spiro atoms. The maximum atomic E-state index is 15.0. The Morgan fingerprint density at radius 3 is 2.20 bits per heavy atom. The summed E-state index contributed by atoms with van der Waals surface area (Å²) in [5.41, 5.74) is 0.630. The third-order valence-corrected chi connectivity index (χ3v) is 16.7. The quantitative estimate of drug-likeness (QED) is 0.122. The number of methoxy groups -OCH3 is 3. The number of likely N-dealkylation sites (N-methyl/N-ethyl adjacent to an activating group) is 1. The summed E-state index contributed by atoms with van der Waals surface area (Å²) in [7, 11) is 6.55. The second kappa shape index (κ2) is 25.1. The summed E-state index contributed by atoms with van der Waals surface area (Å²) in [6, 6.07) is 10.5. The minimum absolute atomic E-state index is 0.152. The number of nitrogens with zero attached hydrogens (tertiary/aromatic N) is 5. The molecule has 1 unspecified atom stereocenters. The van der Waals surface area contributed by atoms with Crippen molar-refractivity contribution in [1.29, 1.82) is 0 Å². The largest absolute Gasteiger partial charge is 0.459 e. The van der Waals surface area contributed by atoms with Crippen molar-refractivity contribution < 1.29 is 62.5 Å². The maximum Gasteiger partial charge on any atom is 0.309 e. The van der Waals surface area contributed by atoms with Crippen molar-refractivity contribution >= 4 is 11.8 Å². The lowest BCUT2D eigenvalue weighted by atomic mass is 9.68. The molecule has 2 fully saturated rings. The van der Waals surface area contributed by atoms with E-state index in [9.17, 15) is 29.3 Å². The molecule has 18 atom stereocenters. The summed E-state index contributed by atoms with van der Waals surface area (Å²) in [5.74, 6) is -3.67. The lowest BCUT2D eigenvalue weighted by molar-refractivity contribution is -0.305. The monoisotopic (exact) mass is 1050 g/mol. The van der Waals surface area contributed by atoms with Gasteiger partial charge >= 0.3 is 5.97 Å². The van der Waals surface area contributed by atoms with Gasteiger partial charge in [-0.3, -0.25) is 14.6 Å². The lowest BCUT2D eigenvalue weighted by Gasteiger charge is -2.52. The van der Waals surface area contributed by atoms with Crippen LogP contribution in [0.25, 0.3) is 11.1 Å². The zero-order valence-corrected chi connectivity index (χ0v) is 46.9. The Labute approximate surface area is 443 Å². The fraction of sp³-hybridized carbons (Fsp3) is 0.702. The summed E-state index contributed by atoms with van der Waals surface area (Å²) in [4.78, 5) is 35.3. The number of Topliss-reactive ketones (excluding diaryl/α,β-unsaturated/α-hetero) is 1. The van der Waals surface area contributed by atoms with E-state index in [-0.39, 0.29) is 31.1 Å². The SMILES string of the molecule is CC[C@H]1OC(=O)[C@H](C)C([C@H]2C[C@@](C)(OC)[C@@H](O)[C@H](C)O2)[C@H](C)[C@@H](O[C@@H]2O[C@H](C)C[C@H](N(C)CCc3cn([C@H](CF)[C@H](OC)c4ccc(-c5ccc(C)nc5)cc4)nn3)[C@H]2O)[C@](C)(OC)C[C@@H](C)C(=O)/C(C)=C/[C@]1(C)O. The number of pyridine rings is 1. The number of cyclic esters (lactones) is 1. The van der Waals surface area contributed by atoms with Gasteiger partial charge in [-0.2, -0.15) is 0 Å². The highest BCUT2D eigenvalue weighted by Crippen LogP contribution is 2.46. The number of alkyl halides is 1. The predicted octanol–water partition coefficient (Wildman–Crippen LogP) is 7.14. The highest BCUT2D eigenvalue weighted by molar-refractivity contribution is 5.96. The van der Waals surface area contributed by atoms with Crippen molar-refractivity contribution in [2.75, 3.05) is 41.6 Å². The number of rotatable bonds is 16. The number of carbonyl (C=O) groups excluding carboxylic acids is 2. The Balaban J connectivity index is 1.27. The number of allylic oxidation sites excluding steroid dienone is 1. The van der Waals surface area contributed by atoms with Crippen LogP contribution in [-0.4, -0.2) is 165 Å². The van der Waals surface area contributed by atoms with E-state index in [0.29, 0.717) is 30.7 Å². The van der Waals surface area contributed by atoms with E-state index in [1.54, 1.807) is 48.1 Å². The van der Waals surface area contributed by atoms with E-state index in [1.165, 1.54) is 24.8 Å². The standard InChI is InChI=1S/C57H86FN5O12/c1-16-46-55(9,68)26-32(2)48(64)33(3)27-57(11,71-15)52(36(6)47(37(7)53(67)74-46)45-28-56(10,70-14)51(66)38(8)73-45)75-54-49(65)43(25-35(5)72-54)62(12)24-23-42-31-63(61-60-42)44(29-58)50(69-13)40-21-19-39(20-22-40)41-18-17-34(4)59-30-41/h17-22,26,30-31,33,35-38,43-47,49-52,54,65-66,68H,16,23-25,27-29H2,1-15H3/b32-26+/t33-,35-,36+,37-,38+,43+,44-,45-,46-,47?,49-,50-,51+,52-,54+,55+,56-,57-/m1/s1. The highest BCUT2D eigenvalue weighted by Gasteiger charge is 2.55. The lowest BCUT2D eigenvalue weighted by Crippen LogP contribution is -2.62. The van der Waals surface area contributed by atoms with Crippen LogP contribution in [0, 0.1) is 30.6 Å². The fourth-order valence-electron chi connectivity index (χ4n) is 12.1. The Morgan fingerprint density at radius 1 is 0.933 bits per heavy atom. The number of carbonyl (C=O) groups is 2. The Kier molecular flexibility index (Phi) is 20.2. The number of esters is 1. The predicted molar refractivity (Wildman–Crippen MR) is 280 cm³/mol. The van der Waals surface area contributed by atoms with E-state index < -0.39 is 114 Å². The van der Waals surface area contributed by atoms with Gasteiger partial charge in [0.25, 0.3) is 0 Å². The summed E-state index contributed by atoms with van der Waals surface area (Å²) in [6.07, 6.45) is -1.19. The first-order valence-electron chi connectivity index (χ1n) is 26.7. The summed E-state index contributed by atoms with van der Waals surface area (Å²) in [6.45, 7) is 19.5. The Morgan fingerprint density at radius 2 is 1.60 bits per heavy atom. The van der Waals surface area contributed by atoms with Crippen molar-refractivity contribution in [3.05, 3.63) is 77.4 Å². The minimum Gasteiger partial charge on any atom is -0.459 e. The first kappa shape index (κ1) is 60.2. The van der Waals surface area contributed by atoms with Crippen molar-refractivity contribution in [2.45, 2.75) is 192 Å². The third-order valence-electron chi connectivity index (χ3n) is 16.7. The van der Waals surface area contributed by atoms with Crippen LogP contribution in [0.15, 0.2) is 60.4 Å². The van der Waals surface area contributed by atoms with Gasteiger partial charge in [-0.15, -0.1) is 5.10 Å². The van der Waals surface area contributed by atoms with Crippen LogP contribution in [0.4, 0.5) is 4.39 Å². The smallest absolute Gasteiger partial charge is 0.309 e. The Bertz CT molecular complexity index is 2370. The normalized spacial score (nSPS) is 37.1. The molecule has 3 aromatic rings. The number of aliphatic hydroxyl groups excluding tert-OH is 2. The van der Waals surface area contributed by atoms with Crippen LogP contribution in [-0.2, 0) is 49.2 Å². The maximum absolute atomic E-state index is 15.0. The van der Waals surface area contributed by atoms with Gasteiger partial charge in [0, 0.05) is 82.2 Å². The molecule has 0 bridgehead atoms. The molecular formula is C57H86FN5O12. The Hall–Kier alpha value is -4.08. The van der Waals surface area contributed by atoms with Crippen molar-refractivity contribution in [2.24, 2.45) is 23.7 Å². The molecular weight excluding hydrogens is 966 g/mol. The van der Waals surface area contributed by atoms with Gasteiger partial charge in [-0.25, -0.2) is 9.07 Å². The van der Waals surface area contributed by atoms with Gasteiger partial charge in [0.2, 0.25) is 0 Å². The number of aryl methyl sites for hydroxylation is 1. The number of halogens is 1. The number of ketones is 1. The zero-order chi connectivity index (χ0) is 55.3. The summed E-state index contributed by atoms with van der Waals surface area (Å²) < 4.78 is 61.2.